The number of rotatable bonds is 6. The van der Waals surface area contributed by atoms with Gasteiger partial charge in [0.05, 0.1) is 28.4 Å². The van der Waals surface area contributed by atoms with Crippen LogP contribution in [0.15, 0.2) is 60.2 Å². The Hall–Kier alpha value is -4.17. The molecule has 6 rings (SSSR count). The van der Waals surface area contributed by atoms with E-state index in [4.69, 9.17) is 14.5 Å². The van der Waals surface area contributed by atoms with Crippen molar-refractivity contribution in [1.82, 2.24) is 4.98 Å². The van der Waals surface area contributed by atoms with E-state index in [9.17, 15) is 14.7 Å². The molecule has 204 valence electrons. The highest BCUT2D eigenvalue weighted by Gasteiger charge is 2.48. The molecule has 3 aromatic carbocycles. The van der Waals surface area contributed by atoms with Crippen LogP contribution in [0.4, 0.5) is 5.13 Å². The molecule has 2 aliphatic heterocycles. The van der Waals surface area contributed by atoms with Crippen molar-refractivity contribution in [3.63, 3.8) is 0 Å². The number of Topliss-reactive ketones (excluding diaryl/α,β-unsaturated/α-hetero) is 1. The van der Waals surface area contributed by atoms with Gasteiger partial charge >= 0.3 is 5.91 Å². The predicted octanol–water partition coefficient (Wildman–Crippen LogP) is 6.65. The van der Waals surface area contributed by atoms with Crippen LogP contribution in [-0.4, -0.2) is 34.5 Å². The number of aliphatic hydroxyl groups is 1. The van der Waals surface area contributed by atoms with Crippen molar-refractivity contribution in [3.05, 3.63) is 88.0 Å². The first kappa shape index (κ1) is 26.1. The summed E-state index contributed by atoms with van der Waals surface area (Å²) in [5.41, 5.74) is 4.97. The quantitative estimate of drug-likeness (QED) is 0.163. The number of fused-ring (bicyclic) bond motifs is 2. The van der Waals surface area contributed by atoms with E-state index in [0.717, 1.165) is 39.1 Å². The number of amides is 1. The SMILES string of the molecule is CCCOc1cccc([C@@H]2/C(=C(\O)c3ccc4c(c3)C[C@H](C)O4)C(=O)C(=O)N2c2nc3c(C)cc(C)cc3s2)c1. The van der Waals surface area contributed by atoms with Gasteiger partial charge in [0, 0.05) is 12.0 Å². The van der Waals surface area contributed by atoms with Crippen LogP contribution >= 0.6 is 11.3 Å². The van der Waals surface area contributed by atoms with Crippen molar-refractivity contribution in [2.24, 2.45) is 0 Å². The minimum atomic E-state index is -0.879. The molecule has 0 unspecified atom stereocenters. The Labute approximate surface area is 236 Å². The Morgan fingerprint density at radius 3 is 2.77 bits per heavy atom. The van der Waals surface area contributed by atoms with E-state index in [1.807, 2.05) is 70.2 Å². The third kappa shape index (κ3) is 4.42. The highest BCUT2D eigenvalue weighted by atomic mass is 32.1. The number of hydrogen-bond donors (Lipinski definition) is 1. The van der Waals surface area contributed by atoms with Crippen LogP contribution in [0.25, 0.3) is 16.0 Å². The van der Waals surface area contributed by atoms with Crippen LogP contribution < -0.4 is 14.4 Å². The summed E-state index contributed by atoms with van der Waals surface area (Å²) in [5, 5.41) is 12.0. The molecule has 8 heteroatoms. The molecule has 3 heterocycles. The molecular formula is C32H30N2O5S. The van der Waals surface area contributed by atoms with Gasteiger partial charge < -0.3 is 14.6 Å². The van der Waals surface area contributed by atoms with E-state index in [0.29, 0.717) is 35.0 Å². The van der Waals surface area contributed by atoms with Crippen LogP contribution in [0.1, 0.15) is 54.1 Å². The maximum atomic E-state index is 13.7. The van der Waals surface area contributed by atoms with E-state index in [2.05, 4.69) is 0 Å². The number of hydrogen-bond acceptors (Lipinski definition) is 7. The molecule has 1 aromatic heterocycles. The molecule has 0 aliphatic carbocycles. The first-order chi connectivity index (χ1) is 19.2. The van der Waals surface area contributed by atoms with Crippen LogP contribution in [0.5, 0.6) is 11.5 Å². The monoisotopic (exact) mass is 554 g/mol. The highest BCUT2D eigenvalue weighted by Crippen LogP contribution is 2.45. The number of carbonyl (C=O) groups excluding carboxylic acids is 2. The molecule has 0 bridgehead atoms. The number of nitrogens with zero attached hydrogens (tertiary/aromatic N) is 2. The van der Waals surface area contributed by atoms with Crippen LogP contribution in [0.2, 0.25) is 0 Å². The molecule has 1 saturated heterocycles. The maximum absolute atomic E-state index is 13.7. The summed E-state index contributed by atoms with van der Waals surface area (Å²) < 4.78 is 12.6. The minimum Gasteiger partial charge on any atom is -0.507 e. The topological polar surface area (TPSA) is 89.0 Å². The third-order valence-electron chi connectivity index (χ3n) is 7.29. The van der Waals surface area contributed by atoms with Gasteiger partial charge in [0.1, 0.15) is 23.4 Å². The average molecular weight is 555 g/mol. The Bertz CT molecular complexity index is 1700. The standard InChI is InChI=1S/C32H30N2O5S/c1-5-11-38-23-8-6-7-20(16-23)28-26(29(35)21-9-10-24-22(15-21)14-19(4)39-24)30(36)31(37)34(28)32-33-27-18(3)12-17(2)13-25(27)40-32/h6-10,12-13,15-16,19,28,35H,5,11,14H2,1-4H3/b29-26+/t19-,28+/m0/s1. The van der Waals surface area contributed by atoms with Gasteiger partial charge in [-0.1, -0.05) is 36.5 Å². The summed E-state index contributed by atoms with van der Waals surface area (Å²) in [7, 11) is 0. The van der Waals surface area contributed by atoms with Crippen molar-refractivity contribution in [3.8, 4) is 11.5 Å². The summed E-state index contributed by atoms with van der Waals surface area (Å²) in [5.74, 6) is -0.301. The molecule has 2 atom stereocenters. The molecule has 2 aliphatic rings. The van der Waals surface area contributed by atoms with E-state index in [-0.39, 0.29) is 17.4 Å². The molecule has 1 amide bonds. The Morgan fingerprint density at radius 2 is 1.98 bits per heavy atom. The summed E-state index contributed by atoms with van der Waals surface area (Å²) >= 11 is 1.36. The number of thiazole rings is 1. The average Bonchev–Trinajstić information content (AvgIpc) is 3.59. The zero-order valence-electron chi connectivity index (χ0n) is 22.9. The van der Waals surface area contributed by atoms with Gasteiger partial charge in [-0.15, -0.1) is 0 Å². The van der Waals surface area contributed by atoms with E-state index >= 15 is 0 Å². The molecular weight excluding hydrogens is 524 g/mol. The fourth-order valence-electron chi connectivity index (χ4n) is 5.53. The molecule has 0 spiro atoms. The van der Waals surface area contributed by atoms with Gasteiger partial charge in [0.25, 0.3) is 5.78 Å². The Balaban J connectivity index is 1.53. The van der Waals surface area contributed by atoms with Gasteiger partial charge in [-0.25, -0.2) is 4.98 Å². The number of aryl methyl sites for hydroxylation is 2. The molecule has 4 aromatic rings. The van der Waals surface area contributed by atoms with Crippen LogP contribution in [0, 0.1) is 13.8 Å². The summed E-state index contributed by atoms with van der Waals surface area (Å²) in [6.45, 7) is 8.55. The normalized spacial score (nSPS) is 19.8. The second kappa shape index (κ2) is 10.1. The van der Waals surface area contributed by atoms with Crippen molar-refractivity contribution in [2.45, 2.75) is 52.7 Å². The van der Waals surface area contributed by atoms with Gasteiger partial charge in [-0.2, -0.15) is 0 Å². The zero-order valence-corrected chi connectivity index (χ0v) is 23.7. The Kier molecular flexibility index (Phi) is 6.58. The molecule has 1 N–H and O–H groups in total. The van der Waals surface area contributed by atoms with E-state index < -0.39 is 17.7 Å². The highest BCUT2D eigenvalue weighted by molar-refractivity contribution is 7.22. The summed E-state index contributed by atoms with van der Waals surface area (Å²) in [6, 6.07) is 15.9. The lowest BCUT2D eigenvalue weighted by Crippen LogP contribution is -2.29. The fraction of sp³-hybridized carbons (Fsp3) is 0.281. The lowest BCUT2D eigenvalue weighted by atomic mass is 9.94. The largest absolute Gasteiger partial charge is 0.507 e. The second-order valence-electron chi connectivity index (χ2n) is 10.5. The lowest BCUT2D eigenvalue weighted by molar-refractivity contribution is -0.132. The molecule has 7 nitrogen and oxygen atoms in total. The number of carbonyl (C=O) groups is 2. The lowest BCUT2D eigenvalue weighted by Gasteiger charge is -2.23. The van der Waals surface area contributed by atoms with Crippen molar-refractivity contribution in [2.75, 3.05) is 11.5 Å². The van der Waals surface area contributed by atoms with Crippen molar-refractivity contribution in [1.29, 1.82) is 0 Å². The summed E-state index contributed by atoms with van der Waals surface area (Å²) in [4.78, 5) is 33.6. The van der Waals surface area contributed by atoms with Gasteiger partial charge in [0.2, 0.25) is 0 Å². The van der Waals surface area contributed by atoms with Crippen molar-refractivity contribution >= 4 is 44.1 Å². The number of ether oxygens (including phenoxy) is 2. The van der Waals surface area contributed by atoms with Crippen LogP contribution in [-0.2, 0) is 16.0 Å². The molecule has 0 radical (unpaired) electrons. The number of benzene rings is 3. The third-order valence-corrected chi connectivity index (χ3v) is 8.29. The van der Waals surface area contributed by atoms with Crippen molar-refractivity contribution < 1.29 is 24.2 Å². The minimum absolute atomic E-state index is 0.0247. The maximum Gasteiger partial charge on any atom is 0.301 e. The van der Waals surface area contributed by atoms with E-state index in [1.54, 1.807) is 12.1 Å². The zero-order chi connectivity index (χ0) is 28.1. The van der Waals surface area contributed by atoms with E-state index in [1.165, 1.54) is 16.2 Å². The number of aliphatic hydroxyl groups excluding tert-OH is 1. The fourth-order valence-corrected chi connectivity index (χ4v) is 6.69. The van der Waals surface area contributed by atoms with Gasteiger partial charge in [-0.3, -0.25) is 14.5 Å². The first-order valence-electron chi connectivity index (χ1n) is 13.5. The molecule has 40 heavy (non-hydrogen) atoms. The predicted molar refractivity (Wildman–Crippen MR) is 156 cm³/mol. The molecule has 0 saturated carbocycles. The number of ketones is 1. The first-order valence-corrected chi connectivity index (χ1v) is 14.3. The smallest absolute Gasteiger partial charge is 0.301 e. The second-order valence-corrected chi connectivity index (χ2v) is 11.5. The van der Waals surface area contributed by atoms with Crippen LogP contribution in [0.3, 0.4) is 0 Å². The Morgan fingerprint density at radius 1 is 1.15 bits per heavy atom. The molecule has 1 fully saturated rings. The summed E-state index contributed by atoms with van der Waals surface area (Å²) in [6.07, 6.45) is 1.58. The number of aromatic nitrogens is 1. The van der Waals surface area contributed by atoms with Gasteiger partial charge in [0.15, 0.2) is 5.13 Å². The van der Waals surface area contributed by atoms with Gasteiger partial charge in [-0.05, 0) is 85.8 Å². The number of anilines is 1.